The molecule has 4 rings (SSSR count). The van der Waals surface area contributed by atoms with Crippen LogP contribution in [0.2, 0.25) is 0 Å². The van der Waals surface area contributed by atoms with E-state index >= 15 is 0 Å². The third-order valence-electron chi connectivity index (χ3n) is 5.77. The number of hydrogen-bond donors (Lipinski definition) is 1. The van der Waals surface area contributed by atoms with Gasteiger partial charge >= 0.3 is 0 Å². The van der Waals surface area contributed by atoms with Crippen LogP contribution in [0, 0.1) is 0 Å². The van der Waals surface area contributed by atoms with E-state index < -0.39 is 0 Å². The smallest absolute Gasteiger partial charge is 0.267 e. The molecule has 0 aliphatic carbocycles. The molecule has 1 atom stereocenters. The second-order valence-corrected chi connectivity index (χ2v) is 8.16. The first-order valence-corrected chi connectivity index (χ1v) is 11.1. The molecule has 174 valence electrons. The zero-order valence-electron chi connectivity index (χ0n) is 19.5. The van der Waals surface area contributed by atoms with Crippen LogP contribution in [0.3, 0.4) is 0 Å². The summed E-state index contributed by atoms with van der Waals surface area (Å²) in [4.78, 5) is 29.1. The zero-order valence-corrected chi connectivity index (χ0v) is 19.5. The van der Waals surface area contributed by atoms with E-state index in [-0.39, 0.29) is 17.9 Å². The van der Waals surface area contributed by atoms with Gasteiger partial charge in [0.2, 0.25) is 0 Å². The summed E-state index contributed by atoms with van der Waals surface area (Å²) in [6, 6.07) is 18.7. The van der Waals surface area contributed by atoms with Crippen molar-refractivity contribution >= 4 is 28.9 Å². The van der Waals surface area contributed by atoms with Crippen molar-refractivity contribution in [3.63, 3.8) is 0 Å². The van der Waals surface area contributed by atoms with Crippen molar-refractivity contribution < 1.29 is 9.59 Å². The predicted octanol–water partition coefficient (Wildman–Crippen LogP) is 3.28. The molecule has 8 heteroatoms. The molecule has 0 spiro atoms. The van der Waals surface area contributed by atoms with Crippen LogP contribution in [0.5, 0.6) is 0 Å². The number of aryl methyl sites for hydroxylation is 2. The van der Waals surface area contributed by atoms with E-state index in [0.717, 1.165) is 5.56 Å². The summed E-state index contributed by atoms with van der Waals surface area (Å²) in [6.45, 7) is 0.417. The van der Waals surface area contributed by atoms with Gasteiger partial charge in [0.25, 0.3) is 11.8 Å². The lowest BCUT2D eigenvalue weighted by molar-refractivity contribution is 0.0757. The van der Waals surface area contributed by atoms with Gasteiger partial charge in [-0.15, -0.1) is 0 Å². The summed E-state index contributed by atoms with van der Waals surface area (Å²) in [7, 11) is 5.34. The Balaban J connectivity index is 1.53. The maximum absolute atomic E-state index is 13.5. The quantitative estimate of drug-likeness (QED) is 0.441. The number of rotatable bonds is 8. The first kappa shape index (κ1) is 23.0. The van der Waals surface area contributed by atoms with Gasteiger partial charge in [-0.25, -0.2) is 0 Å². The van der Waals surface area contributed by atoms with E-state index in [0.29, 0.717) is 35.3 Å². The van der Waals surface area contributed by atoms with Crippen molar-refractivity contribution in [1.82, 2.24) is 29.8 Å². The highest BCUT2D eigenvalue weighted by Gasteiger charge is 2.22. The van der Waals surface area contributed by atoms with E-state index in [9.17, 15) is 9.59 Å². The summed E-state index contributed by atoms with van der Waals surface area (Å²) < 4.78 is 1.78. The molecule has 2 heterocycles. The van der Waals surface area contributed by atoms with Crippen LogP contribution in [-0.2, 0) is 14.1 Å². The van der Waals surface area contributed by atoms with Crippen LogP contribution in [0.15, 0.2) is 72.9 Å². The molecule has 2 aromatic carbocycles. The minimum atomic E-state index is -0.242. The second-order valence-electron chi connectivity index (χ2n) is 8.16. The van der Waals surface area contributed by atoms with Gasteiger partial charge in [-0.3, -0.25) is 9.59 Å². The maximum Gasteiger partial charge on any atom is 0.267 e. The molecule has 1 N–H and O–H groups in total. The van der Waals surface area contributed by atoms with Crippen molar-refractivity contribution in [2.75, 3.05) is 13.6 Å². The van der Waals surface area contributed by atoms with Gasteiger partial charge in [0.1, 0.15) is 16.7 Å². The highest BCUT2D eigenvalue weighted by Crippen LogP contribution is 2.19. The number of carbonyl (C=O) groups excluding carboxylic acids is 2. The van der Waals surface area contributed by atoms with Crippen LogP contribution in [0.4, 0.5) is 0 Å². The van der Waals surface area contributed by atoms with E-state index in [1.54, 1.807) is 35.7 Å². The SMILES string of the molecule is CN(C(=O)c1cccc2nn(C)nc12)C(C=Cc1ccccc1)CCNC(=O)c1cccn1C. The Bertz CT molecular complexity index is 1320. The van der Waals surface area contributed by atoms with Gasteiger partial charge in [-0.1, -0.05) is 48.6 Å². The van der Waals surface area contributed by atoms with E-state index in [1.807, 2.05) is 73.9 Å². The first-order valence-electron chi connectivity index (χ1n) is 11.1. The molecule has 0 saturated carbocycles. The molecule has 8 nitrogen and oxygen atoms in total. The van der Waals surface area contributed by atoms with Gasteiger partial charge < -0.3 is 14.8 Å². The molecule has 0 bridgehead atoms. The van der Waals surface area contributed by atoms with Crippen molar-refractivity contribution in [2.24, 2.45) is 14.1 Å². The summed E-state index contributed by atoms with van der Waals surface area (Å²) in [6.07, 6.45) is 6.38. The molecule has 4 aromatic rings. The lowest BCUT2D eigenvalue weighted by Crippen LogP contribution is -2.38. The van der Waals surface area contributed by atoms with Crippen molar-refractivity contribution in [1.29, 1.82) is 0 Å². The molecule has 0 radical (unpaired) electrons. The predicted molar refractivity (Wildman–Crippen MR) is 132 cm³/mol. The molecule has 0 saturated heterocycles. The lowest BCUT2D eigenvalue weighted by atomic mass is 10.1. The Morgan fingerprint density at radius 1 is 1.03 bits per heavy atom. The largest absolute Gasteiger partial charge is 0.351 e. The molecule has 34 heavy (non-hydrogen) atoms. The molecule has 2 amide bonds. The summed E-state index contributed by atoms with van der Waals surface area (Å²) in [5.41, 5.74) is 3.38. The Hall–Kier alpha value is -4.20. The van der Waals surface area contributed by atoms with Gasteiger partial charge in [0, 0.05) is 33.9 Å². The van der Waals surface area contributed by atoms with E-state index in [4.69, 9.17) is 0 Å². The minimum Gasteiger partial charge on any atom is -0.351 e. The molecule has 0 aliphatic heterocycles. The van der Waals surface area contributed by atoms with Crippen molar-refractivity contribution in [2.45, 2.75) is 12.5 Å². The molecule has 0 fully saturated rings. The number of carbonyl (C=O) groups is 2. The van der Waals surface area contributed by atoms with Crippen LogP contribution in [-0.4, -0.2) is 55.9 Å². The number of aromatic nitrogens is 4. The Morgan fingerprint density at radius 3 is 2.56 bits per heavy atom. The Morgan fingerprint density at radius 2 is 1.82 bits per heavy atom. The van der Waals surface area contributed by atoms with Gasteiger partial charge in [-0.2, -0.15) is 15.0 Å². The highest BCUT2D eigenvalue weighted by atomic mass is 16.2. The zero-order chi connectivity index (χ0) is 24.1. The van der Waals surface area contributed by atoms with Crippen LogP contribution in [0.25, 0.3) is 17.1 Å². The summed E-state index contributed by atoms with van der Waals surface area (Å²) >= 11 is 0. The normalized spacial score (nSPS) is 12.2. The van der Waals surface area contributed by atoms with Gasteiger partial charge in [0.15, 0.2) is 0 Å². The molecule has 1 unspecified atom stereocenters. The van der Waals surface area contributed by atoms with Crippen LogP contribution < -0.4 is 5.32 Å². The topological polar surface area (TPSA) is 85.1 Å². The minimum absolute atomic E-state index is 0.142. The number of amides is 2. The summed E-state index contributed by atoms with van der Waals surface area (Å²) in [5.74, 6) is -0.292. The number of benzene rings is 2. The Labute approximate surface area is 198 Å². The van der Waals surface area contributed by atoms with E-state index in [2.05, 4.69) is 15.5 Å². The molecular formula is C26H28N6O2. The standard InChI is InChI=1S/C26H28N6O2/c1-30-18-8-13-23(30)25(33)27-17-16-20(15-14-19-9-5-4-6-10-19)31(2)26(34)21-11-7-12-22-24(21)29-32(3)28-22/h4-15,18,20H,16-17H2,1-3H3,(H,27,33). The monoisotopic (exact) mass is 456 g/mol. The highest BCUT2D eigenvalue weighted by molar-refractivity contribution is 6.04. The fraction of sp³-hybridized carbons (Fsp3) is 0.231. The number of hydrogen-bond acceptors (Lipinski definition) is 4. The third kappa shape index (κ3) is 5.06. The number of nitrogens with zero attached hydrogens (tertiary/aromatic N) is 5. The number of nitrogens with one attached hydrogen (secondary N) is 1. The van der Waals surface area contributed by atoms with Crippen LogP contribution >= 0.6 is 0 Å². The average Bonchev–Trinajstić information content (AvgIpc) is 3.45. The fourth-order valence-electron chi connectivity index (χ4n) is 3.88. The van der Waals surface area contributed by atoms with Crippen LogP contribution in [0.1, 0.15) is 32.8 Å². The molecule has 0 aliphatic rings. The maximum atomic E-state index is 13.5. The number of fused-ring (bicyclic) bond motifs is 1. The summed E-state index contributed by atoms with van der Waals surface area (Å²) in [5, 5.41) is 11.6. The second kappa shape index (κ2) is 10.2. The lowest BCUT2D eigenvalue weighted by Gasteiger charge is -2.26. The van der Waals surface area contributed by atoms with E-state index in [1.165, 1.54) is 4.80 Å². The number of likely N-dealkylation sites (N-methyl/N-ethyl adjacent to an activating group) is 1. The molecule has 2 aromatic heterocycles. The average molecular weight is 457 g/mol. The van der Waals surface area contributed by atoms with Crippen molar-refractivity contribution in [3.8, 4) is 0 Å². The third-order valence-corrected chi connectivity index (χ3v) is 5.77. The van der Waals surface area contributed by atoms with Gasteiger partial charge in [-0.05, 0) is 36.2 Å². The first-order chi connectivity index (χ1) is 16.4. The fourth-order valence-corrected chi connectivity index (χ4v) is 3.88. The van der Waals surface area contributed by atoms with Gasteiger partial charge in [0.05, 0.1) is 11.6 Å². The van der Waals surface area contributed by atoms with Crippen molar-refractivity contribution in [3.05, 3.63) is 89.8 Å². The Kier molecular flexibility index (Phi) is 6.87. The molecular weight excluding hydrogens is 428 g/mol.